The van der Waals surface area contributed by atoms with E-state index in [0.29, 0.717) is 0 Å². The summed E-state index contributed by atoms with van der Waals surface area (Å²) in [7, 11) is 0. The van der Waals surface area contributed by atoms with E-state index in [1.807, 2.05) is 0 Å². The molecule has 0 aliphatic carbocycles. The zero-order chi connectivity index (χ0) is 35.0. The first-order chi connectivity index (χ1) is 22.1. The summed E-state index contributed by atoms with van der Waals surface area (Å²) in [4.78, 5) is 70.2. The number of carbonyl (C=O) groups is 5. The average molecular weight is 674 g/mol. The Bertz CT molecular complexity index is 1300. The smallest absolute Gasteiger partial charge is 0.303 e. The van der Waals surface area contributed by atoms with Gasteiger partial charge in [0, 0.05) is 46.8 Å². The lowest BCUT2D eigenvalue weighted by Gasteiger charge is -2.47. The van der Waals surface area contributed by atoms with Crippen molar-refractivity contribution in [3.05, 3.63) is 34.4 Å². The molecular weight excluding hydrogens is 638 g/mol. The second-order valence-electron chi connectivity index (χ2n) is 10.4. The van der Waals surface area contributed by atoms with Gasteiger partial charge in [-0.3, -0.25) is 34.1 Å². The van der Waals surface area contributed by atoms with Gasteiger partial charge in [-0.05, 0) is 12.1 Å². The van der Waals surface area contributed by atoms with Gasteiger partial charge in [-0.2, -0.15) is 0 Å². The van der Waals surface area contributed by atoms with Crippen LogP contribution in [-0.4, -0.2) is 120 Å². The van der Waals surface area contributed by atoms with E-state index in [9.17, 15) is 44.3 Å². The van der Waals surface area contributed by atoms with Gasteiger partial charge in [-0.1, -0.05) is 0 Å². The number of rotatable bonds is 12. The molecule has 0 bridgehead atoms. The Hall–Kier alpha value is -4.43. The van der Waals surface area contributed by atoms with Crippen LogP contribution in [0.25, 0.3) is 0 Å². The van der Waals surface area contributed by atoms with Gasteiger partial charge in [0.05, 0.1) is 4.92 Å². The first kappa shape index (κ1) is 37.0. The van der Waals surface area contributed by atoms with E-state index in [2.05, 4.69) is 0 Å². The minimum atomic E-state index is -1.86. The largest absolute Gasteiger partial charge is 0.463 e. The van der Waals surface area contributed by atoms with Crippen LogP contribution in [0.1, 0.15) is 34.6 Å². The third kappa shape index (κ3) is 10.3. The molecule has 260 valence electrons. The minimum Gasteiger partial charge on any atom is -0.463 e. The number of hydrogen-bond acceptors (Lipinski definition) is 18. The normalized spacial score (nSPS) is 30.3. The number of carbonyl (C=O) groups excluding carboxylic acids is 5. The number of nitro groups is 1. The molecule has 0 aromatic heterocycles. The number of non-ortho nitro benzene ring substituents is 1. The van der Waals surface area contributed by atoms with E-state index in [1.54, 1.807) is 0 Å². The fraction of sp³-hybridized carbons (Fsp3) is 0.607. The van der Waals surface area contributed by atoms with Crippen LogP contribution in [0.2, 0.25) is 0 Å². The molecule has 0 radical (unpaired) electrons. The molecule has 19 nitrogen and oxygen atoms in total. The summed E-state index contributed by atoms with van der Waals surface area (Å²) in [6, 6.07) is 4.72. The Morgan fingerprint density at radius 3 is 1.68 bits per heavy atom. The average Bonchev–Trinajstić information content (AvgIpc) is 2.97. The van der Waals surface area contributed by atoms with Gasteiger partial charge in [-0.15, -0.1) is 0 Å². The fourth-order valence-electron chi connectivity index (χ4n) is 4.72. The molecule has 19 heteroatoms. The van der Waals surface area contributed by atoms with E-state index in [0.717, 1.165) is 46.8 Å². The molecule has 2 aliphatic rings. The van der Waals surface area contributed by atoms with Gasteiger partial charge < -0.3 is 52.8 Å². The van der Waals surface area contributed by atoms with Crippen LogP contribution in [-0.2, 0) is 61.9 Å². The van der Waals surface area contributed by atoms with Gasteiger partial charge in [0.25, 0.3) is 5.69 Å². The third-order valence-corrected chi connectivity index (χ3v) is 6.63. The molecule has 1 aromatic rings. The van der Waals surface area contributed by atoms with Gasteiger partial charge >= 0.3 is 29.8 Å². The maximum absolute atomic E-state index is 12.4. The summed E-state index contributed by atoms with van der Waals surface area (Å²) in [6.07, 6.45) is -16.4. The van der Waals surface area contributed by atoms with Crippen molar-refractivity contribution in [1.82, 2.24) is 0 Å². The first-order valence-corrected chi connectivity index (χ1v) is 14.1. The number of aliphatic hydroxyl groups excluding tert-OH is 2. The molecule has 1 aromatic carbocycles. The highest BCUT2D eigenvalue weighted by Gasteiger charge is 2.56. The highest BCUT2D eigenvalue weighted by atomic mass is 16.8. The van der Waals surface area contributed by atoms with Crippen LogP contribution in [0.3, 0.4) is 0 Å². The lowest BCUT2D eigenvalue weighted by atomic mass is 9.96. The molecule has 0 unspecified atom stereocenters. The van der Waals surface area contributed by atoms with Crippen molar-refractivity contribution in [3.8, 4) is 5.75 Å². The van der Waals surface area contributed by atoms with Gasteiger partial charge in [0.2, 0.25) is 12.4 Å². The molecule has 2 aliphatic heterocycles. The van der Waals surface area contributed by atoms with E-state index in [4.69, 9.17) is 42.6 Å². The Morgan fingerprint density at radius 2 is 1.17 bits per heavy atom. The summed E-state index contributed by atoms with van der Waals surface area (Å²) in [5.41, 5.74) is -0.258. The molecule has 3 rings (SSSR count). The number of ether oxygens (including phenoxy) is 9. The third-order valence-electron chi connectivity index (χ3n) is 6.63. The molecule has 2 fully saturated rings. The standard InChI is InChI=1S/C28H35NO18/c1-12(30)39-10-19-21(35)22(36)24(41-14(3)32)27(45-19)47-23-20(11-40-13(2)31)46-28(26(43-16(5)34)25(23)42-15(4)33)44-18-8-6-17(7-9-18)29(37)38/h6-9,19-28,35-36H,10-11H2,1-5H3/t19-,20-,21+,22+,23-,24-,25+,26-,27+,28-/m1/s1. The quantitative estimate of drug-likeness (QED) is 0.122. The minimum absolute atomic E-state index is 0.000825. The number of benzene rings is 1. The maximum atomic E-state index is 12.4. The molecule has 10 atom stereocenters. The number of hydrogen-bond donors (Lipinski definition) is 2. The number of esters is 5. The Balaban J connectivity index is 2.06. The second kappa shape index (κ2) is 16.4. The van der Waals surface area contributed by atoms with Crippen LogP contribution in [0.15, 0.2) is 24.3 Å². The van der Waals surface area contributed by atoms with Crippen LogP contribution >= 0.6 is 0 Å². The predicted molar refractivity (Wildman–Crippen MR) is 148 cm³/mol. The van der Waals surface area contributed by atoms with Crippen LogP contribution in [0.5, 0.6) is 5.75 Å². The van der Waals surface area contributed by atoms with Crippen LogP contribution in [0, 0.1) is 10.1 Å². The van der Waals surface area contributed by atoms with Crippen molar-refractivity contribution >= 4 is 35.5 Å². The molecule has 0 amide bonds. The van der Waals surface area contributed by atoms with Gasteiger partial charge in [0.1, 0.15) is 49.5 Å². The molecule has 47 heavy (non-hydrogen) atoms. The molecular formula is C28H35NO18. The fourth-order valence-corrected chi connectivity index (χ4v) is 4.72. The summed E-state index contributed by atoms with van der Waals surface area (Å²) < 4.78 is 49.8. The summed E-state index contributed by atoms with van der Waals surface area (Å²) in [5.74, 6) is -4.22. The number of nitrogens with zero attached hydrogens (tertiary/aromatic N) is 1. The topological polar surface area (TPSA) is 252 Å². The van der Waals surface area contributed by atoms with Crippen LogP contribution < -0.4 is 4.74 Å². The van der Waals surface area contributed by atoms with Crippen molar-refractivity contribution < 1.29 is 81.7 Å². The summed E-state index contributed by atoms with van der Waals surface area (Å²) in [6.45, 7) is 4.10. The zero-order valence-electron chi connectivity index (χ0n) is 25.9. The van der Waals surface area contributed by atoms with Crippen molar-refractivity contribution in [2.45, 2.75) is 96.0 Å². The first-order valence-electron chi connectivity index (χ1n) is 14.1. The lowest BCUT2D eigenvalue weighted by Crippen LogP contribution is -2.67. The maximum Gasteiger partial charge on any atom is 0.303 e. The highest BCUT2D eigenvalue weighted by Crippen LogP contribution is 2.34. The molecule has 2 heterocycles. The monoisotopic (exact) mass is 673 g/mol. The molecule has 0 saturated carbocycles. The predicted octanol–water partition coefficient (Wildman–Crippen LogP) is -0.548. The Labute approximate surface area is 267 Å². The van der Waals surface area contributed by atoms with E-state index in [1.165, 1.54) is 12.1 Å². The Morgan fingerprint density at radius 1 is 0.681 bits per heavy atom. The highest BCUT2D eigenvalue weighted by molar-refractivity contribution is 5.68. The molecule has 0 spiro atoms. The summed E-state index contributed by atoms with van der Waals surface area (Å²) in [5, 5.41) is 32.6. The SMILES string of the molecule is CC(=O)OC[C@H]1O[C@@H](O[C@H]2[C@H](OC(C)=O)[C@@H](OC(C)=O)[C@H](Oc3ccc([N+](=O)[O-])cc3)O[C@@H]2COC(C)=O)[C@H](OC(C)=O)[C@@H](O)[C@H]1O. The van der Waals surface area contributed by atoms with E-state index in [-0.39, 0.29) is 11.4 Å². The molecule has 2 N–H and O–H groups in total. The lowest BCUT2D eigenvalue weighted by molar-refractivity contribution is -0.384. The molecule has 2 saturated heterocycles. The van der Waals surface area contributed by atoms with Crippen molar-refractivity contribution in [2.24, 2.45) is 0 Å². The van der Waals surface area contributed by atoms with Crippen LogP contribution in [0.4, 0.5) is 5.69 Å². The van der Waals surface area contributed by atoms with Crippen molar-refractivity contribution in [2.75, 3.05) is 13.2 Å². The number of aliphatic hydroxyl groups is 2. The zero-order valence-corrected chi connectivity index (χ0v) is 25.9. The second-order valence-corrected chi connectivity index (χ2v) is 10.4. The summed E-state index contributed by atoms with van der Waals surface area (Å²) >= 11 is 0. The van der Waals surface area contributed by atoms with E-state index >= 15 is 0 Å². The van der Waals surface area contributed by atoms with E-state index < -0.39 is 109 Å². The Kier molecular flexibility index (Phi) is 12.9. The number of nitro benzene ring substituents is 1. The van der Waals surface area contributed by atoms with Gasteiger partial charge in [0.15, 0.2) is 18.5 Å². The van der Waals surface area contributed by atoms with Gasteiger partial charge in [-0.25, -0.2) is 0 Å². The van der Waals surface area contributed by atoms with Crippen molar-refractivity contribution in [1.29, 1.82) is 0 Å². The van der Waals surface area contributed by atoms with Crippen molar-refractivity contribution in [3.63, 3.8) is 0 Å².